The van der Waals surface area contributed by atoms with Gasteiger partial charge in [0, 0.05) is 23.4 Å². The molecule has 152 valence electrons. The molecule has 0 radical (unpaired) electrons. The Labute approximate surface area is 180 Å². The lowest BCUT2D eigenvalue weighted by atomic mass is 9.99. The fourth-order valence-electron chi connectivity index (χ4n) is 3.59. The van der Waals surface area contributed by atoms with Crippen molar-refractivity contribution in [3.63, 3.8) is 0 Å². The van der Waals surface area contributed by atoms with Crippen molar-refractivity contribution in [2.24, 2.45) is 0 Å². The average molecular weight is 407 g/mol. The molecule has 2 N–H and O–H groups in total. The zero-order valence-corrected chi connectivity index (χ0v) is 17.3. The summed E-state index contributed by atoms with van der Waals surface area (Å²) in [4.78, 5) is 21.4. The summed E-state index contributed by atoms with van der Waals surface area (Å²) in [6.07, 6.45) is 1.76. The molecule has 31 heavy (non-hydrogen) atoms. The summed E-state index contributed by atoms with van der Waals surface area (Å²) in [7, 11) is 0. The number of pyridine rings is 1. The Morgan fingerprint density at radius 2 is 1.77 bits per heavy atom. The number of hydrogen-bond acceptors (Lipinski definition) is 5. The lowest BCUT2D eigenvalue weighted by Gasteiger charge is -2.11. The fraction of sp³-hybridized carbons (Fsp3) is 0.120. The SMILES string of the molecule is Cc1cccc(Cn2ccc(-c3cc(-c4cccc(C#N)c4C)nc(N)n3)cc2=O)c1. The van der Waals surface area contributed by atoms with Crippen LogP contribution in [-0.4, -0.2) is 14.5 Å². The van der Waals surface area contributed by atoms with Crippen LogP contribution in [0.1, 0.15) is 22.3 Å². The smallest absolute Gasteiger partial charge is 0.251 e. The second-order valence-electron chi connectivity index (χ2n) is 7.46. The van der Waals surface area contributed by atoms with Gasteiger partial charge < -0.3 is 10.3 Å². The highest BCUT2D eigenvalue weighted by Gasteiger charge is 2.12. The van der Waals surface area contributed by atoms with Gasteiger partial charge in [0.05, 0.1) is 29.6 Å². The van der Waals surface area contributed by atoms with Crippen LogP contribution in [-0.2, 0) is 6.54 Å². The molecule has 0 aliphatic heterocycles. The number of rotatable bonds is 4. The standard InChI is InChI=1S/C25H21N5O/c1-16-5-3-6-18(11-16)15-30-10-9-19(12-24(30)31)22-13-23(29-25(27)28-22)21-8-4-7-20(14-26)17(21)2/h3-13H,15H2,1-2H3,(H2,27,28,29). The molecule has 0 aliphatic carbocycles. The van der Waals surface area contributed by atoms with Crippen molar-refractivity contribution in [3.8, 4) is 28.6 Å². The van der Waals surface area contributed by atoms with Crippen LogP contribution in [0.5, 0.6) is 0 Å². The van der Waals surface area contributed by atoms with E-state index in [-0.39, 0.29) is 11.5 Å². The third kappa shape index (κ3) is 4.21. The van der Waals surface area contributed by atoms with E-state index in [0.717, 1.165) is 22.3 Å². The maximum atomic E-state index is 12.7. The van der Waals surface area contributed by atoms with Crippen LogP contribution in [0.15, 0.2) is 71.7 Å². The number of aromatic nitrogens is 3. The summed E-state index contributed by atoms with van der Waals surface area (Å²) in [5.74, 6) is 0.109. The van der Waals surface area contributed by atoms with Crippen molar-refractivity contribution in [2.45, 2.75) is 20.4 Å². The van der Waals surface area contributed by atoms with Crippen molar-refractivity contribution in [2.75, 3.05) is 5.73 Å². The zero-order chi connectivity index (χ0) is 22.0. The van der Waals surface area contributed by atoms with Crippen molar-refractivity contribution >= 4 is 5.95 Å². The molecule has 0 aliphatic rings. The van der Waals surface area contributed by atoms with Gasteiger partial charge in [0.1, 0.15) is 0 Å². The minimum absolute atomic E-state index is 0.109. The van der Waals surface area contributed by atoms with Gasteiger partial charge in [-0.3, -0.25) is 4.79 Å². The highest BCUT2D eigenvalue weighted by atomic mass is 16.1. The van der Waals surface area contributed by atoms with Crippen molar-refractivity contribution in [1.82, 2.24) is 14.5 Å². The largest absolute Gasteiger partial charge is 0.368 e. The Morgan fingerprint density at radius 3 is 2.52 bits per heavy atom. The summed E-state index contributed by atoms with van der Waals surface area (Å²) in [5, 5.41) is 9.31. The monoisotopic (exact) mass is 407 g/mol. The van der Waals surface area contributed by atoms with Crippen LogP contribution in [0.2, 0.25) is 0 Å². The summed E-state index contributed by atoms with van der Waals surface area (Å²) >= 11 is 0. The molecule has 0 amide bonds. The molecular weight excluding hydrogens is 386 g/mol. The van der Waals surface area contributed by atoms with Crippen molar-refractivity contribution in [1.29, 1.82) is 5.26 Å². The lowest BCUT2D eigenvalue weighted by molar-refractivity contribution is 0.759. The van der Waals surface area contributed by atoms with Crippen molar-refractivity contribution in [3.05, 3.63) is 99.5 Å². The quantitative estimate of drug-likeness (QED) is 0.549. The molecule has 0 spiro atoms. The van der Waals surface area contributed by atoms with E-state index in [9.17, 15) is 10.1 Å². The number of aryl methyl sites for hydroxylation is 1. The minimum atomic E-state index is -0.125. The molecule has 2 heterocycles. The van der Waals surface area contributed by atoms with Crippen LogP contribution in [0, 0.1) is 25.2 Å². The van der Waals surface area contributed by atoms with Gasteiger partial charge in [-0.25, -0.2) is 9.97 Å². The fourth-order valence-corrected chi connectivity index (χ4v) is 3.59. The Kier molecular flexibility index (Phi) is 5.33. The number of benzene rings is 2. The van der Waals surface area contributed by atoms with E-state index >= 15 is 0 Å². The normalized spacial score (nSPS) is 10.6. The number of nitrogen functional groups attached to an aromatic ring is 1. The first-order valence-electron chi connectivity index (χ1n) is 9.85. The molecule has 4 rings (SSSR count). The van der Waals surface area contributed by atoms with Gasteiger partial charge in [-0.1, -0.05) is 42.0 Å². The van der Waals surface area contributed by atoms with Gasteiger partial charge in [0.2, 0.25) is 5.95 Å². The van der Waals surface area contributed by atoms with Gasteiger partial charge >= 0.3 is 0 Å². The van der Waals surface area contributed by atoms with E-state index in [1.165, 1.54) is 0 Å². The molecule has 0 unspecified atom stereocenters. The van der Waals surface area contributed by atoms with E-state index in [0.29, 0.717) is 29.1 Å². The third-order valence-corrected chi connectivity index (χ3v) is 5.20. The van der Waals surface area contributed by atoms with E-state index in [4.69, 9.17) is 5.73 Å². The highest BCUT2D eigenvalue weighted by molar-refractivity contribution is 5.72. The molecular formula is C25H21N5O. The maximum Gasteiger partial charge on any atom is 0.251 e. The van der Waals surface area contributed by atoms with Crippen LogP contribution >= 0.6 is 0 Å². The summed E-state index contributed by atoms with van der Waals surface area (Å²) < 4.78 is 1.66. The zero-order valence-electron chi connectivity index (χ0n) is 17.3. The summed E-state index contributed by atoms with van der Waals surface area (Å²) in [6, 6.07) is 20.9. The number of anilines is 1. The average Bonchev–Trinajstić information content (AvgIpc) is 2.75. The van der Waals surface area contributed by atoms with Crippen LogP contribution in [0.4, 0.5) is 5.95 Å². The molecule has 0 bridgehead atoms. The van der Waals surface area contributed by atoms with E-state index < -0.39 is 0 Å². The lowest BCUT2D eigenvalue weighted by Crippen LogP contribution is -2.19. The Balaban J connectivity index is 1.72. The van der Waals surface area contributed by atoms with Crippen molar-refractivity contribution < 1.29 is 0 Å². The van der Waals surface area contributed by atoms with Gasteiger partial charge in [-0.05, 0) is 43.2 Å². The number of nitriles is 1. The summed E-state index contributed by atoms with van der Waals surface area (Å²) in [6.45, 7) is 4.40. The first-order chi connectivity index (χ1) is 14.9. The van der Waals surface area contributed by atoms with Crippen LogP contribution < -0.4 is 11.3 Å². The topological polar surface area (TPSA) is 97.6 Å². The van der Waals surface area contributed by atoms with E-state index in [1.807, 2.05) is 50.2 Å². The van der Waals surface area contributed by atoms with Crippen LogP contribution in [0.25, 0.3) is 22.5 Å². The molecule has 0 saturated carbocycles. The van der Waals surface area contributed by atoms with Gasteiger partial charge in [-0.2, -0.15) is 5.26 Å². The minimum Gasteiger partial charge on any atom is -0.368 e. The number of hydrogen-bond donors (Lipinski definition) is 1. The molecule has 2 aromatic carbocycles. The molecule has 2 aromatic heterocycles. The van der Waals surface area contributed by atoms with Gasteiger partial charge in [0.15, 0.2) is 0 Å². The summed E-state index contributed by atoms with van der Waals surface area (Å²) in [5.41, 5.74) is 12.1. The third-order valence-electron chi connectivity index (χ3n) is 5.20. The predicted molar refractivity (Wildman–Crippen MR) is 121 cm³/mol. The highest BCUT2D eigenvalue weighted by Crippen LogP contribution is 2.27. The Bertz CT molecular complexity index is 1380. The van der Waals surface area contributed by atoms with E-state index in [1.54, 1.807) is 29.0 Å². The predicted octanol–water partition coefficient (Wildman–Crippen LogP) is 4.09. The second-order valence-corrected chi connectivity index (χ2v) is 7.46. The Hall–Kier alpha value is -4.24. The second kappa shape index (κ2) is 8.25. The molecule has 0 fully saturated rings. The van der Waals surface area contributed by atoms with E-state index in [2.05, 4.69) is 22.1 Å². The number of nitrogens with zero attached hydrogens (tertiary/aromatic N) is 4. The molecule has 4 aromatic rings. The van der Waals surface area contributed by atoms with Gasteiger partial charge in [-0.15, -0.1) is 0 Å². The Morgan fingerprint density at radius 1 is 1.00 bits per heavy atom. The molecule has 6 heteroatoms. The van der Waals surface area contributed by atoms with Gasteiger partial charge in [0.25, 0.3) is 5.56 Å². The molecule has 0 saturated heterocycles. The molecule has 0 atom stereocenters. The first-order valence-corrected chi connectivity index (χ1v) is 9.85. The molecule has 6 nitrogen and oxygen atoms in total. The maximum absolute atomic E-state index is 12.7. The first kappa shape index (κ1) is 20.0. The van der Waals surface area contributed by atoms with Crippen LogP contribution in [0.3, 0.4) is 0 Å². The number of nitrogens with two attached hydrogens (primary N) is 1.